The van der Waals surface area contributed by atoms with Crippen molar-refractivity contribution < 1.29 is 4.74 Å². The van der Waals surface area contributed by atoms with E-state index in [0.29, 0.717) is 29.8 Å². The predicted octanol–water partition coefficient (Wildman–Crippen LogP) is 3.63. The molecule has 0 bridgehead atoms. The lowest BCUT2D eigenvalue weighted by molar-refractivity contribution is 0.340. The van der Waals surface area contributed by atoms with Crippen molar-refractivity contribution in [3.8, 4) is 5.75 Å². The number of hydrogen-bond donors (Lipinski definition) is 0. The van der Waals surface area contributed by atoms with Crippen molar-refractivity contribution in [3.63, 3.8) is 0 Å². The molecule has 3 aromatic rings. The summed E-state index contributed by atoms with van der Waals surface area (Å²) in [7, 11) is 0. The normalized spacial score (nSPS) is 11.3. The van der Waals surface area contributed by atoms with E-state index in [1.54, 1.807) is 12.3 Å². The Morgan fingerprint density at radius 2 is 1.88 bits per heavy atom. The third-order valence-corrected chi connectivity index (χ3v) is 3.81. The fourth-order valence-corrected chi connectivity index (χ4v) is 2.62. The highest BCUT2D eigenvalue weighted by molar-refractivity contribution is 5.80. The van der Waals surface area contributed by atoms with Gasteiger partial charge in [0, 0.05) is 6.42 Å². The van der Waals surface area contributed by atoms with E-state index in [9.17, 15) is 4.79 Å². The molecular weight excluding hydrogens is 314 g/mol. The molecule has 0 radical (unpaired) electrons. The van der Waals surface area contributed by atoms with Crippen LogP contribution < -0.4 is 10.3 Å². The SMILES string of the molecule is CCCc1nc2ccccc2c(=O)n1/N=C/c1ccc(OCC)cc1. The van der Waals surface area contributed by atoms with Crippen LogP contribution in [0.15, 0.2) is 58.4 Å². The first-order valence-electron chi connectivity index (χ1n) is 8.50. The van der Waals surface area contributed by atoms with Crippen LogP contribution in [0.25, 0.3) is 10.9 Å². The average Bonchev–Trinajstić information content (AvgIpc) is 2.63. The minimum absolute atomic E-state index is 0.142. The van der Waals surface area contributed by atoms with Gasteiger partial charge in [-0.1, -0.05) is 19.1 Å². The lowest BCUT2D eigenvalue weighted by Crippen LogP contribution is -2.22. The van der Waals surface area contributed by atoms with Gasteiger partial charge in [0.15, 0.2) is 0 Å². The Morgan fingerprint density at radius 1 is 1.12 bits per heavy atom. The van der Waals surface area contributed by atoms with E-state index in [4.69, 9.17) is 4.74 Å². The quantitative estimate of drug-likeness (QED) is 0.646. The van der Waals surface area contributed by atoms with Crippen LogP contribution in [0.3, 0.4) is 0 Å². The van der Waals surface area contributed by atoms with Crippen LogP contribution in [-0.2, 0) is 6.42 Å². The van der Waals surface area contributed by atoms with Crippen LogP contribution in [0.4, 0.5) is 0 Å². The maximum atomic E-state index is 12.8. The molecule has 3 rings (SSSR count). The summed E-state index contributed by atoms with van der Waals surface area (Å²) in [5, 5.41) is 4.97. The summed E-state index contributed by atoms with van der Waals surface area (Å²) >= 11 is 0. The van der Waals surface area contributed by atoms with Gasteiger partial charge in [-0.25, -0.2) is 4.98 Å². The standard InChI is InChI=1S/C20H21N3O2/c1-3-7-19-22-18-9-6-5-8-17(18)20(24)23(19)21-14-15-10-12-16(13-11-15)25-4-2/h5-6,8-14H,3-4,7H2,1-2H3/b21-14+. The summed E-state index contributed by atoms with van der Waals surface area (Å²) in [5.74, 6) is 1.49. The number of aromatic nitrogens is 2. The van der Waals surface area contributed by atoms with Gasteiger partial charge in [0.25, 0.3) is 5.56 Å². The topological polar surface area (TPSA) is 56.5 Å². The van der Waals surface area contributed by atoms with Gasteiger partial charge >= 0.3 is 0 Å². The van der Waals surface area contributed by atoms with Crippen LogP contribution in [0.1, 0.15) is 31.7 Å². The van der Waals surface area contributed by atoms with Crippen molar-refractivity contribution in [2.24, 2.45) is 5.10 Å². The fourth-order valence-electron chi connectivity index (χ4n) is 2.62. The second kappa shape index (κ2) is 7.75. The Balaban J connectivity index is 2.00. The van der Waals surface area contributed by atoms with E-state index in [-0.39, 0.29) is 5.56 Å². The minimum Gasteiger partial charge on any atom is -0.494 e. The highest BCUT2D eigenvalue weighted by atomic mass is 16.5. The molecular formula is C20H21N3O2. The molecule has 0 N–H and O–H groups in total. The smallest absolute Gasteiger partial charge is 0.282 e. The largest absolute Gasteiger partial charge is 0.494 e. The lowest BCUT2D eigenvalue weighted by atomic mass is 10.2. The Kier molecular flexibility index (Phi) is 5.23. The summed E-state index contributed by atoms with van der Waals surface area (Å²) < 4.78 is 6.84. The molecule has 0 spiro atoms. The molecule has 0 aliphatic heterocycles. The van der Waals surface area contributed by atoms with Crippen molar-refractivity contribution >= 4 is 17.1 Å². The second-order valence-corrected chi connectivity index (χ2v) is 5.66. The van der Waals surface area contributed by atoms with Crippen molar-refractivity contribution in [2.45, 2.75) is 26.7 Å². The highest BCUT2D eigenvalue weighted by Crippen LogP contribution is 2.12. The maximum absolute atomic E-state index is 12.8. The maximum Gasteiger partial charge on any atom is 0.282 e. The molecule has 5 nitrogen and oxygen atoms in total. The number of aryl methyl sites for hydroxylation is 1. The van der Waals surface area contributed by atoms with Crippen molar-refractivity contribution in [2.75, 3.05) is 6.61 Å². The molecule has 0 fully saturated rings. The summed E-state index contributed by atoms with van der Waals surface area (Å²) in [6, 6.07) is 15.0. The molecule has 0 unspecified atom stereocenters. The van der Waals surface area contributed by atoms with Crippen LogP contribution in [0.5, 0.6) is 5.75 Å². The first-order valence-corrected chi connectivity index (χ1v) is 8.50. The molecule has 0 aliphatic carbocycles. The Bertz CT molecular complexity index is 943. The summed E-state index contributed by atoms with van der Waals surface area (Å²) in [6.07, 6.45) is 3.26. The zero-order valence-electron chi connectivity index (χ0n) is 14.5. The third kappa shape index (κ3) is 3.76. The number of ether oxygens (including phenoxy) is 1. The number of fused-ring (bicyclic) bond motifs is 1. The predicted molar refractivity (Wildman–Crippen MR) is 101 cm³/mol. The van der Waals surface area contributed by atoms with Gasteiger partial charge in [-0.15, -0.1) is 0 Å². The monoisotopic (exact) mass is 335 g/mol. The van der Waals surface area contributed by atoms with Crippen molar-refractivity contribution in [3.05, 3.63) is 70.3 Å². The van der Waals surface area contributed by atoms with E-state index < -0.39 is 0 Å². The molecule has 1 heterocycles. The van der Waals surface area contributed by atoms with Gasteiger partial charge in [0.1, 0.15) is 11.6 Å². The van der Waals surface area contributed by atoms with E-state index in [1.807, 2.05) is 49.4 Å². The molecule has 0 aliphatic rings. The third-order valence-electron chi connectivity index (χ3n) is 3.81. The minimum atomic E-state index is -0.142. The molecule has 0 saturated carbocycles. The van der Waals surface area contributed by atoms with Gasteiger partial charge in [0.05, 0.1) is 23.7 Å². The van der Waals surface area contributed by atoms with Gasteiger partial charge in [-0.2, -0.15) is 9.78 Å². The van der Waals surface area contributed by atoms with Gasteiger partial charge < -0.3 is 4.74 Å². The molecule has 5 heteroatoms. The summed E-state index contributed by atoms with van der Waals surface area (Å²) in [5.41, 5.74) is 1.46. The number of nitrogens with zero attached hydrogens (tertiary/aromatic N) is 3. The van der Waals surface area contributed by atoms with Gasteiger partial charge in [-0.05, 0) is 55.3 Å². The highest BCUT2D eigenvalue weighted by Gasteiger charge is 2.09. The van der Waals surface area contributed by atoms with Crippen molar-refractivity contribution in [1.82, 2.24) is 9.66 Å². The molecule has 2 aromatic carbocycles. The van der Waals surface area contributed by atoms with Crippen molar-refractivity contribution in [1.29, 1.82) is 0 Å². The Labute approximate surface area is 146 Å². The zero-order chi connectivity index (χ0) is 17.6. The molecule has 1 aromatic heterocycles. The molecule has 0 amide bonds. The Hall–Kier alpha value is -2.95. The summed E-state index contributed by atoms with van der Waals surface area (Å²) in [6.45, 7) is 4.64. The first kappa shape index (κ1) is 16.9. The lowest BCUT2D eigenvalue weighted by Gasteiger charge is -2.08. The van der Waals surface area contributed by atoms with Crippen LogP contribution in [0.2, 0.25) is 0 Å². The number of benzene rings is 2. The van der Waals surface area contributed by atoms with E-state index >= 15 is 0 Å². The first-order chi connectivity index (χ1) is 12.2. The van der Waals surface area contributed by atoms with E-state index in [1.165, 1.54) is 4.68 Å². The number of para-hydroxylation sites is 1. The fraction of sp³-hybridized carbons (Fsp3) is 0.250. The van der Waals surface area contributed by atoms with E-state index in [0.717, 1.165) is 17.7 Å². The van der Waals surface area contributed by atoms with Gasteiger partial charge in [-0.3, -0.25) is 4.79 Å². The van der Waals surface area contributed by atoms with Crippen LogP contribution in [0, 0.1) is 0 Å². The molecule has 25 heavy (non-hydrogen) atoms. The van der Waals surface area contributed by atoms with E-state index in [2.05, 4.69) is 17.0 Å². The van der Waals surface area contributed by atoms with Crippen LogP contribution >= 0.6 is 0 Å². The van der Waals surface area contributed by atoms with Gasteiger partial charge in [0.2, 0.25) is 0 Å². The number of hydrogen-bond acceptors (Lipinski definition) is 4. The average molecular weight is 335 g/mol. The molecule has 0 saturated heterocycles. The summed E-state index contributed by atoms with van der Waals surface area (Å²) in [4.78, 5) is 17.4. The molecule has 0 atom stereocenters. The van der Waals surface area contributed by atoms with Crippen LogP contribution in [-0.4, -0.2) is 22.5 Å². The number of rotatable bonds is 6. The molecule has 128 valence electrons. The zero-order valence-corrected chi connectivity index (χ0v) is 14.5. The Morgan fingerprint density at radius 3 is 2.60 bits per heavy atom. The second-order valence-electron chi connectivity index (χ2n) is 5.66.